The van der Waals surface area contributed by atoms with Gasteiger partial charge in [0.25, 0.3) is 5.91 Å². The van der Waals surface area contributed by atoms with E-state index in [-0.39, 0.29) is 5.91 Å². The summed E-state index contributed by atoms with van der Waals surface area (Å²) in [6, 6.07) is 19.3. The summed E-state index contributed by atoms with van der Waals surface area (Å²) in [5.41, 5.74) is 4.10. The number of benzene rings is 2. The number of fused-ring (bicyclic) bond motifs is 1. The second-order valence-electron chi connectivity index (χ2n) is 9.42. The predicted molar refractivity (Wildman–Crippen MR) is 131 cm³/mol. The molecule has 2 saturated heterocycles. The van der Waals surface area contributed by atoms with Crippen LogP contribution < -0.4 is 0 Å². The summed E-state index contributed by atoms with van der Waals surface area (Å²) in [7, 11) is 0. The summed E-state index contributed by atoms with van der Waals surface area (Å²) >= 11 is 0. The zero-order chi connectivity index (χ0) is 22.6. The molecule has 33 heavy (non-hydrogen) atoms. The van der Waals surface area contributed by atoms with E-state index in [2.05, 4.69) is 41.1 Å². The van der Waals surface area contributed by atoms with Crippen molar-refractivity contribution in [1.82, 2.24) is 14.8 Å². The van der Waals surface area contributed by atoms with E-state index in [1.165, 1.54) is 18.4 Å². The summed E-state index contributed by atoms with van der Waals surface area (Å²) in [6.45, 7) is 6.33. The summed E-state index contributed by atoms with van der Waals surface area (Å²) in [4.78, 5) is 22.3. The van der Waals surface area contributed by atoms with Crippen LogP contribution in [0.3, 0.4) is 0 Å². The first-order chi connectivity index (χ1) is 16.2. The highest BCUT2D eigenvalue weighted by atomic mass is 16.5. The van der Waals surface area contributed by atoms with E-state index >= 15 is 0 Å². The SMILES string of the molecule is Cc1ccnc2ccc(C(=O)N3CCC(N4CCC[C@H]4COCc4ccccc4)CC3)cc12. The third-order valence-electron chi connectivity index (χ3n) is 7.27. The Bertz CT molecular complexity index is 1090. The van der Waals surface area contributed by atoms with Crippen LogP contribution in [0.25, 0.3) is 10.9 Å². The molecule has 1 aromatic heterocycles. The van der Waals surface area contributed by atoms with Crippen LogP contribution >= 0.6 is 0 Å². The van der Waals surface area contributed by atoms with E-state index < -0.39 is 0 Å². The molecule has 0 N–H and O–H groups in total. The Labute approximate surface area is 196 Å². The molecule has 172 valence electrons. The number of likely N-dealkylation sites (tertiary alicyclic amines) is 2. The molecule has 1 amide bonds. The number of piperidine rings is 1. The number of amides is 1. The summed E-state index contributed by atoms with van der Waals surface area (Å²) in [5.74, 6) is 0.141. The summed E-state index contributed by atoms with van der Waals surface area (Å²) in [6.07, 6.45) is 6.34. The average molecular weight is 444 g/mol. The molecular weight excluding hydrogens is 410 g/mol. The van der Waals surface area contributed by atoms with E-state index in [4.69, 9.17) is 4.74 Å². The highest BCUT2D eigenvalue weighted by molar-refractivity contribution is 5.98. The third-order valence-corrected chi connectivity index (χ3v) is 7.27. The predicted octanol–water partition coefficient (Wildman–Crippen LogP) is 4.83. The molecule has 0 radical (unpaired) electrons. The minimum absolute atomic E-state index is 0.141. The van der Waals surface area contributed by atoms with Crippen LogP contribution in [0.5, 0.6) is 0 Å². The van der Waals surface area contributed by atoms with E-state index in [9.17, 15) is 4.79 Å². The first-order valence-corrected chi connectivity index (χ1v) is 12.2. The first kappa shape index (κ1) is 22.1. The molecule has 3 aromatic rings. The fourth-order valence-corrected chi connectivity index (χ4v) is 5.40. The van der Waals surface area contributed by atoms with Crippen molar-refractivity contribution in [2.45, 2.75) is 51.3 Å². The molecule has 2 fully saturated rings. The molecule has 0 saturated carbocycles. The van der Waals surface area contributed by atoms with Gasteiger partial charge in [-0.25, -0.2) is 0 Å². The van der Waals surface area contributed by atoms with Gasteiger partial charge in [0.15, 0.2) is 0 Å². The van der Waals surface area contributed by atoms with Crippen molar-refractivity contribution in [2.75, 3.05) is 26.2 Å². The second-order valence-corrected chi connectivity index (χ2v) is 9.42. The van der Waals surface area contributed by atoms with Gasteiger partial charge in [0, 0.05) is 42.3 Å². The van der Waals surface area contributed by atoms with Crippen LogP contribution in [0.15, 0.2) is 60.8 Å². The highest BCUT2D eigenvalue weighted by Gasteiger charge is 2.34. The number of pyridine rings is 1. The quantitative estimate of drug-likeness (QED) is 0.548. The van der Waals surface area contributed by atoms with E-state index in [1.54, 1.807) is 0 Å². The standard InChI is InChI=1S/C28H33N3O2/c1-21-11-14-29-27-10-9-23(18-26(21)27)28(32)30-16-12-24(13-17-30)31-15-5-8-25(31)20-33-19-22-6-3-2-4-7-22/h2-4,6-7,9-11,14,18,24-25H,5,8,12-13,15-17,19-20H2,1H3/t25-/m0/s1. The number of aromatic nitrogens is 1. The lowest BCUT2D eigenvalue weighted by Crippen LogP contribution is -2.49. The average Bonchev–Trinajstić information content (AvgIpc) is 3.33. The van der Waals surface area contributed by atoms with Gasteiger partial charge in [-0.3, -0.25) is 14.7 Å². The van der Waals surface area contributed by atoms with E-state index in [0.717, 1.165) is 61.1 Å². The fourth-order valence-electron chi connectivity index (χ4n) is 5.40. The van der Waals surface area contributed by atoms with Gasteiger partial charge in [-0.1, -0.05) is 30.3 Å². The van der Waals surface area contributed by atoms with Gasteiger partial charge in [0.05, 0.1) is 18.7 Å². The molecule has 2 aromatic carbocycles. The van der Waals surface area contributed by atoms with Crippen molar-refractivity contribution >= 4 is 16.8 Å². The Balaban J connectivity index is 1.15. The van der Waals surface area contributed by atoms with Gasteiger partial charge in [-0.15, -0.1) is 0 Å². The monoisotopic (exact) mass is 443 g/mol. The van der Waals surface area contributed by atoms with Gasteiger partial charge < -0.3 is 9.64 Å². The number of carbonyl (C=O) groups is 1. The normalized spacial score (nSPS) is 19.9. The minimum Gasteiger partial charge on any atom is -0.375 e. The zero-order valence-electron chi connectivity index (χ0n) is 19.5. The highest BCUT2D eigenvalue weighted by Crippen LogP contribution is 2.27. The van der Waals surface area contributed by atoms with Crippen molar-refractivity contribution < 1.29 is 9.53 Å². The molecule has 1 atom stereocenters. The van der Waals surface area contributed by atoms with Crippen molar-refractivity contribution in [2.24, 2.45) is 0 Å². The van der Waals surface area contributed by atoms with Crippen molar-refractivity contribution in [3.05, 3.63) is 77.5 Å². The van der Waals surface area contributed by atoms with Crippen LogP contribution in [0.4, 0.5) is 0 Å². The minimum atomic E-state index is 0.141. The Morgan fingerprint density at radius 1 is 1.03 bits per heavy atom. The lowest BCUT2D eigenvalue weighted by Gasteiger charge is -2.39. The first-order valence-electron chi connectivity index (χ1n) is 12.2. The summed E-state index contributed by atoms with van der Waals surface area (Å²) in [5, 5.41) is 1.06. The Hall–Kier alpha value is -2.76. The van der Waals surface area contributed by atoms with Gasteiger partial charge >= 0.3 is 0 Å². The maximum Gasteiger partial charge on any atom is 0.253 e. The van der Waals surface area contributed by atoms with Crippen LogP contribution in [-0.4, -0.2) is 59.0 Å². The maximum absolute atomic E-state index is 13.2. The number of ether oxygens (including phenoxy) is 1. The molecule has 5 rings (SSSR count). The lowest BCUT2D eigenvalue weighted by atomic mass is 10.0. The smallest absolute Gasteiger partial charge is 0.253 e. The van der Waals surface area contributed by atoms with Crippen molar-refractivity contribution in [3.63, 3.8) is 0 Å². The van der Waals surface area contributed by atoms with Gasteiger partial charge in [0.1, 0.15) is 0 Å². The number of aryl methyl sites for hydroxylation is 1. The zero-order valence-corrected chi connectivity index (χ0v) is 19.5. The molecular formula is C28H33N3O2. The number of nitrogens with zero attached hydrogens (tertiary/aromatic N) is 3. The molecule has 2 aliphatic rings. The van der Waals surface area contributed by atoms with Crippen molar-refractivity contribution in [3.8, 4) is 0 Å². The molecule has 2 aliphatic heterocycles. The summed E-state index contributed by atoms with van der Waals surface area (Å²) < 4.78 is 6.08. The fraction of sp³-hybridized carbons (Fsp3) is 0.429. The van der Waals surface area contributed by atoms with E-state index in [0.29, 0.717) is 18.7 Å². The number of rotatable bonds is 6. The van der Waals surface area contributed by atoms with Crippen LogP contribution in [-0.2, 0) is 11.3 Å². The molecule has 0 bridgehead atoms. The molecule has 0 unspecified atom stereocenters. The Kier molecular flexibility index (Phi) is 6.70. The molecule has 5 nitrogen and oxygen atoms in total. The van der Waals surface area contributed by atoms with Crippen LogP contribution in [0.1, 0.15) is 47.2 Å². The largest absolute Gasteiger partial charge is 0.375 e. The topological polar surface area (TPSA) is 45.7 Å². The van der Waals surface area contributed by atoms with Crippen LogP contribution in [0, 0.1) is 6.92 Å². The number of hydrogen-bond acceptors (Lipinski definition) is 4. The molecule has 0 spiro atoms. The van der Waals surface area contributed by atoms with Crippen LogP contribution in [0.2, 0.25) is 0 Å². The van der Waals surface area contributed by atoms with Gasteiger partial charge in [0.2, 0.25) is 0 Å². The number of hydrogen-bond donors (Lipinski definition) is 0. The lowest BCUT2D eigenvalue weighted by molar-refractivity contribution is 0.0314. The van der Waals surface area contributed by atoms with Crippen molar-refractivity contribution in [1.29, 1.82) is 0 Å². The maximum atomic E-state index is 13.2. The number of carbonyl (C=O) groups excluding carboxylic acids is 1. The Morgan fingerprint density at radius 3 is 2.67 bits per heavy atom. The van der Waals surface area contributed by atoms with Gasteiger partial charge in [-0.05, 0) is 74.5 Å². The molecule has 3 heterocycles. The third kappa shape index (κ3) is 4.94. The Morgan fingerprint density at radius 2 is 1.85 bits per heavy atom. The van der Waals surface area contributed by atoms with E-state index in [1.807, 2.05) is 41.4 Å². The second kappa shape index (κ2) is 10.0. The molecule has 5 heteroatoms. The molecule has 0 aliphatic carbocycles. The van der Waals surface area contributed by atoms with Gasteiger partial charge in [-0.2, -0.15) is 0 Å².